The summed E-state index contributed by atoms with van der Waals surface area (Å²) >= 11 is 4.91. The molecule has 2 N–H and O–H groups in total. The number of nitrogens with zero attached hydrogens (tertiary/aromatic N) is 3. The largest absolute Gasteiger partial charge is 0.416 e. The van der Waals surface area contributed by atoms with Crippen molar-refractivity contribution in [3.8, 4) is 0 Å². The van der Waals surface area contributed by atoms with Crippen LogP contribution in [-0.4, -0.2) is 36.2 Å². The summed E-state index contributed by atoms with van der Waals surface area (Å²) in [7, 11) is 0. The Morgan fingerprint density at radius 3 is 2.28 bits per heavy atom. The van der Waals surface area contributed by atoms with E-state index in [1.54, 1.807) is 12.3 Å². The van der Waals surface area contributed by atoms with Crippen molar-refractivity contribution in [3.63, 3.8) is 0 Å². The van der Waals surface area contributed by atoms with E-state index in [4.69, 9.17) is 18.0 Å². The molecule has 0 amide bonds. The summed E-state index contributed by atoms with van der Waals surface area (Å²) in [5, 5.41) is 0. The number of benzene rings is 1. The van der Waals surface area contributed by atoms with Crippen molar-refractivity contribution in [3.05, 3.63) is 53.7 Å². The molecule has 2 heterocycles. The molecule has 1 aliphatic rings. The monoisotopic (exact) mass is 366 g/mol. The van der Waals surface area contributed by atoms with Crippen LogP contribution in [0.3, 0.4) is 0 Å². The number of hydrogen-bond donors (Lipinski definition) is 1. The third-order valence-electron chi connectivity index (χ3n) is 4.17. The maximum Gasteiger partial charge on any atom is 0.416 e. The lowest BCUT2D eigenvalue weighted by Gasteiger charge is -2.37. The molecule has 0 unspecified atom stereocenters. The second kappa shape index (κ2) is 6.87. The molecule has 0 saturated carbocycles. The summed E-state index contributed by atoms with van der Waals surface area (Å²) in [6.07, 6.45) is -2.69. The van der Waals surface area contributed by atoms with Gasteiger partial charge in [-0.3, -0.25) is 0 Å². The van der Waals surface area contributed by atoms with Crippen LogP contribution in [0, 0.1) is 0 Å². The van der Waals surface area contributed by atoms with Gasteiger partial charge >= 0.3 is 6.18 Å². The highest BCUT2D eigenvalue weighted by Gasteiger charge is 2.31. The van der Waals surface area contributed by atoms with Gasteiger partial charge in [0.05, 0.1) is 5.56 Å². The van der Waals surface area contributed by atoms with Crippen LogP contribution in [0.1, 0.15) is 11.1 Å². The Labute approximate surface area is 149 Å². The van der Waals surface area contributed by atoms with Gasteiger partial charge in [0, 0.05) is 43.6 Å². The van der Waals surface area contributed by atoms with E-state index < -0.39 is 11.7 Å². The molecule has 1 fully saturated rings. The molecule has 0 spiro atoms. The van der Waals surface area contributed by atoms with Gasteiger partial charge in [0.25, 0.3) is 0 Å². The predicted molar refractivity (Wildman–Crippen MR) is 96.0 cm³/mol. The summed E-state index contributed by atoms with van der Waals surface area (Å²) in [6.45, 7) is 2.60. The van der Waals surface area contributed by atoms with E-state index >= 15 is 0 Å². The number of halogens is 3. The summed E-state index contributed by atoms with van der Waals surface area (Å²) < 4.78 is 38.6. The van der Waals surface area contributed by atoms with Crippen LogP contribution in [-0.2, 0) is 6.18 Å². The Morgan fingerprint density at radius 2 is 1.72 bits per heavy atom. The van der Waals surface area contributed by atoms with Crippen molar-refractivity contribution >= 4 is 28.7 Å². The number of anilines is 2. The molecule has 0 bridgehead atoms. The Bertz CT molecular complexity index is 753. The first-order chi connectivity index (χ1) is 11.8. The van der Waals surface area contributed by atoms with Crippen molar-refractivity contribution in [2.75, 3.05) is 36.0 Å². The first-order valence-corrected chi connectivity index (χ1v) is 8.18. The quantitative estimate of drug-likeness (QED) is 0.846. The average molecular weight is 366 g/mol. The van der Waals surface area contributed by atoms with E-state index in [-0.39, 0.29) is 0 Å². The summed E-state index contributed by atoms with van der Waals surface area (Å²) in [5.41, 5.74) is 6.23. The van der Waals surface area contributed by atoms with Gasteiger partial charge in [-0.05, 0) is 30.3 Å². The molecule has 3 rings (SSSR count). The van der Waals surface area contributed by atoms with Crippen LogP contribution in [0.2, 0.25) is 0 Å². The fourth-order valence-corrected chi connectivity index (χ4v) is 2.91. The molecule has 0 radical (unpaired) electrons. The lowest BCUT2D eigenvalue weighted by atomic mass is 10.1. The second-order valence-corrected chi connectivity index (χ2v) is 6.23. The van der Waals surface area contributed by atoms with E-state index in [0.717, 1.165) is 11.9 Å². The molecule has 1 aromatic carbocycles. The normalized spacial score (nSPS) is 15.3. The highest BCUT2D eigenvalue weighted by Crippen LogP contribution is 2.32. The topological polar surface area (TPSA) is 45.4 Å². The Balaban J connectivity index is 1.67. The molecule has 1 saturated heterocycles. The minimum Gasteiger partial charge on any atom is -0.389 e. The number of alkyl halides is 3. The van der Waals surface area contributed by atoms with Crippen molar-refractivity contribution in [2.24, 2.45) is 5.73 Å². The first-order valence-electron chi connectivity index (χ1n) is 7.77. The van der Waals surface area contributed by atoms with Crippen LogP contribution in [0.25, 0.3) is 0 Å². The molecule has 8 heteroatoms. The molecular weight excluding hydrogens is 349 g/mol. The third-order valence-corrected chi connectivity index (χ3v) is 4.41. The van der Waals surface area contributed by atoms with Crippen molar-refractivity contribution < 1.29 is 13.2 Å². The number of piperazine rings is 1. The van der Waals surface area contributed by atoms with Crippen LogP contribution < -0.4 is 15.5 Å². The average Bonchev–Trinajstić information content (AvgIpc) is 2.61. The minimum atomic E-state index is -4.33. The summed E-state index contributed by atoms with van der Waals surface area (Å²) in [4.78, 5) is 8.70. The molecule has 25 heavy (non-hydrogen) atoms. The first kappa shape index (κ1) is 17.5. The maximum absolute atomic E-state index is 12.9. The van der Waals surface area contributed by atoms with E-state index in [0.29, 0.717) is 42.4 Å². The lowest BCUT2D eigenvalue weighted by molar-refractivity contribution is -0.137. The molecule has 1 aliphatic heterocycles. The van der Waals surface area contributed by atoms with Gasteiger partial charge in [-0.2, -0.15) is 13.2 Å². The van der Waals surface area contributed by atoms with Crippen molar-refractivity contribution in [1.29, 1.82) is 0 Å². The van der Waals surface area contributed by atoms with Crippen LogP contribution >= 0.6 is 12.2 Å². The smallest absolute Gasteiger partial charge is 0.389 e. The number of hydrogen-bond acceptors (Lipinski definition) is 4. The standard InChI is InChI=1S/C17H17F3N4S/c18-17(19,20)13-2-1-3-14(10-13)23-6-8-24(9-7-23)15-5-4-12(11-22-15)16(21)25/h1-5,10-11H,6-9H2,(H2,21,25). The van der Waals surface area contributed by atoms with E-state index in [2.05, 4.69) is 9.88 Å². The summed E-state index contributed by atoms with van der Waals surface area (Å²) in [6, 6.07) is 9.12. The number of pyridine rings is 1. The highest BCUT2D eigenvalue weighted by molar-refractivity contribution is 7.80. The van der Waals surface area contributed by atoms with Gasteiger partial charge < -0.3 is 15.5 Å². The molecule has 2 aromatic rings. The highest BCUT2D eigenvalue weighted by atomic mass is 32.1. The van der Waals surface area contributed by atoms with E-state index in [1.807, 2.05) is 17.0 Å². The van der Waals surface area contributed by atoms with Crippen LogP contribution in [0.5, 0.6) is 0 Å². The lowest BCUT2D eigenvalue weighted by Crippen LogP contribution is -2.46. The Morgan fingerprint density at radius 1 is 1.04 bits per heavy atom. The van der Waals surface area contributed by atoms with Crippen molar-refractivity contribution in [2.45, 2.75) is 6.18 Å². The minimum absolute atomic E-state index is 0.299. The van der Waals surface area contributed by atoms with E-state index in [9.17, 15) is 13.2 Å². The van der Waals surface area contributed by atoms with E-state index in [1.165, 1.54) is 12.1 Å². The zero-order valence-corrected chi connectivity index (χ0v) is 14.1. The SMILES string of the molecule is NC(=S)c1ccc(N2CCN(c3cccc(C(F)(F)F)c3)CC2)nc1. The molecular formula is C17H17F3N4S. The molecule has 132 valence electrons. The molecule has 4 nitrogen and oxygen atoms in total. The number of thiocarbonyl (C=S) groups is 1. The zero-order valence-electron chi connectivity index (χ0n) is 13.3. The maximum atomic E-state index is 12.9. The summed E-state index contributed by atoms with van der Waals surface area (Å²) in [5.74, 6) is 0.809. The van der Waals surface area contributed by atoms with Gasteiger partial charge in [0.1, 0.15) is 10.8 Å². The third kappa shape index (κ3) is 4.01. The fourth-order valence-electron chi connectivity index (χ4n) is 2.79. The van der Waals surface area contributed by atoms with Gasteiger partial charge in [-0.15, -0.1) is 0 Å². The Hall–Kier alpha value is -2.35. The fraction of sp³-hybridized carbons (Fsp3) is 0.294. The van der Waals surface area contributed by atoms with Gasteiger partial charge in [-0.1, -0.05) is 18.3 Å². The number of aromatic nitrogens is 1. The second-order valence-electron chi connectivity index (χ2n) is 5.79. The Kier molecular flexibility index (Phi) is 4.80. The van der Waals surface area contributed by atoms with Gasteiger partial charge in [0.15, 0.2) is 0 Å². The number of nitrogens with two attached hydrogens (primary N) is 1. The number of rotatable bonds is 3. The molecule has 0 atom stereocenters. The zero-order chi connectivity index (χ0) is 18.0. The molecule has 1 aromatic heterocycles. The van der Waals surface area contributed by atoms with Gasteiger partial charge in [-0.25, -0.2) is 4.98 Å². The van der Waals surface area contributed by atoms with Gasteiger partial charge in [0.2, 0.25) is 0 Å². The van der Waals surface area contributed by atoms with Crippen LogP contribution in [0.4, 0.5) is 24.7 Å². The van der Waals surface area contributed by atoms with Crippen LogP contribution in [0.15, 0.2) is 42.6 Å². The predicted octanol–water partition coefficient (Wildman–Crippen LogP) is 3.06. The van der Waals surface area contributed by atoms with Crippen molar-refractivity contribution in [1.82, 2.24) is 4.98 Å². The molecule has 0 aliphatic carbocycles.